The van der Waals surface area contributed by atoms with E-state index in [1.807, 2.05) is 31.2 Å². The average molecular weight is 378 g/mol. The number of amides is 2. The number of rotatable bonds is 6. The second-order valence-corrected chi connectivity index (χ2v) is 6.22. The van der Waals surface area contributed by atoms with Gasteiger partial charge in [-0.2, -0.15) is 5.10 Å². The smallest absolute Gasteiger partial charge is 0.240 e. The molecule has 0 atom stereocenters. The number of aryl methyl sites for hydroxylation is 1. The molecule has 0 aliphatic heterocycles. The van der Waals surface area contributed by atoms with Crippen molar-refractivity contribution in [2.45, 2.75) is 19.8 Å². The van der Waals surface area contributed by atoms with Crippen LogP contribution in [0, 0.1) is 6.92 Å². The SMILES string of the molecule is Cc1cccc(C=NNC(=O)CCC(=O)Nc2ccc(Cl)cc2Cl)c1. The van der Waals surface area contributed by atoms with E-state index in [1.54, 1.807) is 18.3 Å². The van der Waals surface area contributed by atoms with Crippen LogP contribution in [-0.2, 0) is 9.59 Å². The third kappa shape index (κ3) is 6.57. The molecular formula is C18H17Cl2N3O2. The Morgan fingerprint density at radius 3 is 2.56 bits per heavy atom. The van der Waals surface area contributed by atoms with Gasteiger partial charge >= 0.3 is 0 Å². The van der Waals surface area contributed by atoms with E-state index in [2.05, 4.69) is 15.8 Å². The lowest BCUT2D eigenvalue weighted by atomic mass is 10.2. The van der Waals surface area contributed by atoms with Crippen molar-refractivity contribution < 1.29 is 9.59 Å². The lowest BCUT2D eigenvalue weighted by Gasteiger charge is -2.07. The molecule has 25 heavy (non-hydrogen) atoms. The van der Waals surface area contributed by atoms with Crippen molar-refractivity contribution in [3.8, 4) is 0 Å². The van der Waals surface area contributed by atoms with E-state index >= 15 is 0 Å². The number of nitrogens with one attached hydrogen (secondary N) is 2. The molecule has 0 unspecified atom stereocenters. The predicted octanol–water partition coefficient (Wildman–Crippen LogP) is 4.17. The zero-order chi connectivity index (χ0) is 18.2. The molecule has 0 heterocycles. The molecule has 0 aromatic heterocycles. The topological polar surface area (TPSA) is 70.6 Å². The number of hydrogen-bond acceptors (Lipinski definition) is 3. The molecule has 2 aromatic rings. The summed E-state index contributed by atoms with van der Waals surface area (Å²) in [5.74, 6) is -0.664. The summed E-state index contributed by atoms with van der Waals surface area (Å²) in [6, 6.07) is 12.5. The highest BCUT2D eigenvalue weighted by molar-refractivity contribution is 6.36. The minimum absolute atomic E-state index is 0.0161. The summed E-state index contributed by atoms with van der Waals surface area (Å²) in [6.07, 6.45) is 1.59. The Balaban J connectivity index is 1.76. The molecule has 2 N–H and O–H groups in total. The average Bonchev–Trinajstić information content (AvgIpc) is 2.56. The zero-order valence-electron chi connectivity index (χ0n) is 13.6. The Hall–Kier alpha value is -2.37. The maximum atomic E-state index is 11.9. The predicted molar refractivity (Wildman–Crippen MR) is 101 cm³/mol. The van der Waals surface area contributed by atoms with Crippen LogP contribution in [0.1, 0.15) is 24.0 Å². The molecule has 0 spiro atoms. The Morgan fingerprint density at radius 1 is 1.08 bits per heavy atom. The van der Waals surface area contributed by atoms with E-state index in [4.69, 9.17) is 23.2 Å². The van der Waals surface area contributed by atoms with Crippen LogP contribution in [0.25, 0.3) is 0 Å². The Bertz CT molecular complexity index is 807. The molecule has 7 heteroatoms. The molecular weight excluding hydrogens is 361 g/mol. The number of benzene rings is 2. The largest absolute Gasteiger partial charge is 0.325 e. The lowest BCUT2D eigenvalue weighted by molar-refractivity contribution is -0.124. The molecule has 0 bridgehead atoms. The number of carbonyl (C=O) groups is 2. The van der Waals surface area contributed by atoms with Gasteiger partial charge in [0, 0.05) is 17.9 Å². The number of anilines is 1. The molecule has 0 saturated carbocycles. The third-order valence-corrected chi connectivity index (χ3v) is 3.78. The van der Waals surface area contributed by atoms with Gasteiger partial charge in [0.2, 0.25) is 11.8 Å². The molecule has 2 aromatic carbocycles. The van der Waals surface area contributed by atoms with Gasteiger partial charge in [-0.1, -0.05) is 53.0 Å². The molecule has 0 fully saturated rings. The van der Waals surface area contributed by atoms with Crippen LogP contribution < -0.4 is 10.7 Å². The molecule has 130 valence electrons. The van der Waals surface area contributed by atoms with Gasteiger partial charge < -0.3 is 5.32 Å². The van der Waals surface area contributed by atoms with Crippen molar-refractivity contribution in [1.29, 1.82) is 0 Å². The van der Waals surface area contributed by atoms with Crippen LogP contribution in [0.2, 0.25) is 10.0 Å². The number of hydrogen-bond donors (Lipinski definition) is 2. The molecule has 0 aliphatic carbocycles. The quantitative estimate of drug-likeness (QED) is 0.585. The first-order valence-corrected chi connectivity index (χ1v) is 8.33. The van der Waals surface area contributed by atoms with Crippen LogP contribution in [0.15, 0.2) is 47.6 Å². The van der Waals surface area contributed by atoms with Gasteiger partial charge in [0.25, 0.3) is 0 Å². The van der Waals surface area contributed by atoms with Crippen LogP contribution in [0.3, 0.4) is 0 Å². The summed E-state index contributed by atoms with van der Waals surface area (Å²) in [6.45, 7) is 1.97. The number of hydrazone groups is 1. The van der Waals surface area contributed by atoms with Gasteiger partial charge in [-0.3, -0.25) is 9.59 Å². The normalized spacial score (nSPS) is 10.7. The maximum absolute atomic E-state index is 11.9. The van der Waals surface area contributed by atoms with Gasteiger partial charge in [-0.05, 0) is 30.7 Å². The fraction of sp³-hybridized carbons (Fsp3) is 0.167. The van der Waals surface area contributed by atoms with Crippen molar-refractivity contribution in [2.24, 2.45) is 5.10 Å². The van der Waals surface area contributed by atoms with Crippen molar-refractivity contribution in [3.63, 3.8) is 0 Å². The van der Waals surface area contributed by atoms with E-state index in [0.29, 0.717) is 15.7 Å². The first-order valence-electron chi connectivity index (χ1n) is 7.57. The van der Waals surface area contributed by atoms with Crippen molar-refractivity contribution in [1.82, 2.24) is 5.43 Å². The molecule has 2 rings (SSSR count). The summed E-state index contributed by atoms with van der Waals surface area (Å²) in [7, 11) is 0. The first kappa shape index (κ1) is 19.0. The monoisotopic (exact) mass is 377 g/mol. The fourth-order valence-corrected chi connectivity index (χ4v) is 2.47. The molecule has 0 saturated heterocycles. The number of carbonyl (C=O) groups excluding carboxylic acids is 2. The van der Waals surface area contributed by atoms with Crippen molar-refractivity contribution in [3.05, 3.63) is 63.6 Å². The maximum Gasteiger partial charge on any atom is 0.240 e. The van der Waals surface area contributed by atoms with Crippen LogP contribution in [0.5, 0.6) is 0 Å². The second-order valence-electron chi connectivity index (χ2n) is 5.38. The fourth-order valence-electron chi connectivity index (χ4n) is 2.02. The van der Waals surface area contributed by atoms with Crippen LogP contribution in [0.4, 0.5) is 5.69 Å². The lowest BCUT2D eigenvalue weighted by Crippen LogP contribution is -2.20. The summed E-state index contributed by atoms with van der Waals surface area (Å²) in [5.41, 5.74) is 4.84. The summed E-state index contributed by atoms with van der Waals surface area (Å²) in [4.78, 5) is 23.6. The Kier molecular flexibility index (Phi) is 6.98. The highest BCUT2D eigenvalue weighted by atomic mass is 35.5. The van der Waals surface area contributed by atoms with Gasteiger partial charge in [0.05, 0.1) is 16.9 Å². The summed E-state index contributed by atoms with van der Waals surface area (Å²) in [5, 5.41) is 7.33. The molecule has 0 radical (unpaired) electrons. The number of halogens is 2. The van der Waals surface area contributed by atoms with E-state index in [-0.39, 0.29) is 24.7 Å². The standard InChI is InChI=1S/C18H17Cl2N3O2/c1-12-3-2-4-13(9-12)11-21-23-18(25)8-7-17(24)22-16-6-5-14(19)10-15(16)20/h2-6,9-11H,7-8H2,1H3,(H,22,24)(H,23,25). The molecule has 5 nitrogen and oxygen atoms in total. The summed E-state index contributed by atoms with van der Waals surface area (Å²) < 4.78 is 0. The Labute approximate surface area is 156 Å². The van der Waals surface area contributed by atoms with E-state index in [1.165, 1.54) is 6.07 Å². The van der Waals surface area contributed by atoms with Gasteiger partial charge in [0.1, 0.15) is 0 Å². The van der Waals surface area contributed by atoms with Gasteiger partial charge in [-0.15, -0.1) is 0 Å². The highest BCUT2D eigenvalue weighted by Crippen LogP contribution is 2.25. The van der Waals surface area contributed by atoms with Gasteiger partial charge in [-0.25, -0.2) is 5.43 Å². The highest BCUT2D eigenvalue weighted by Gasteiger charge is 2.09. The molecule has 0 aliphatic rings. The third-order valence-electron chi connectivity index (χ3n) is 3.23. The minimum Gasteiger partial charge on any atom is -0.325 e. The van der Waals surface area contributed by atoms with E-state index in [0.717, 1.165) is 11.1 Å². The first-order chi connectivity index (χ1) is 11.9. The van der Waals surface area contributed by atoms with E-state index < -0.39 is 0 Å². The molecule has 2 amide bonds. The minimum atomic E-state index is -0.346. The van der Waals surface area contributed by atoms with Crippen molar-refractivity contribution >= 4 is 46.9 Å². The van der Waals surface area contributed by atoms with Crippen LogP contribution >= 0.6 is 23.2 Å². The Morgan fingerprint density at radius 2 is 1.84 bits per heavy atom. The number of nitrogens with zero attached hydrogens (tertiary/aromatic N) is 1. The van der Waals surface area contributed by atoms with Crippen molar-refractivity contribution in [2.75, 3.05) is 5.32 Å². The van der Waals surface area contributed by atoms with E-state index in [9.17, 15) is 9.59 Å². The van der Waals surface area contributed by atoms with Gasteiger partial charge in [0.15, 0.2) is 0 Å². The van der Waals surface area contributed by atoms with Crippen LogP contribution in [-0.4, -0.2) is 18.0 Å². The second kappa shape index (κ2) is 9.20. The summed E-state index contributed by atoms with van der Waals surface area (Å²) >= 11 is 11.8. The zero-order valence-corrected chi connectivity index (χ0v) is 15.1.